The van der Waals surface area contributed by atoms with Crippen molar-refractivity contribution in [2.24, 2.45) is 0 Å². The molecule has 2 nitrogen and oxygen atoms in total. The highest BCUT2D eigenvalue weighted by molar-refractivity contribution is 5.33. The smallest absolute Gasteiger partial charge is 0.123 e. The van der Waals surface area contributed by atoms with Crippen molar-refractivity contribution < 1.29 is 4.74 Å². The molecule has 0 heterocycles. The van der Waals surface area contributed by atoms with Gasteiger partial charge in [0.1, 0.15) is 5.75 Å². The monoisotopic (exact) mass is 217 g/mol. The van der Waals surface area contributed by atoms with Crippen LogP contribution in [0, 0.1) is 12.3 Å². The second-order valence-corrected chi connectivity index (χ2v) is 3.71. The molecule has 86 valence electrons. The molecule has 0 bridgehead atoms. The van der Waals surface area contributed by atoms with Gasteiger partial charge in [-0.25, -0.2) is 0 Å². The first kappa shape index (κ1) is 12.6. The zero-order chi connectivity index (χ0) is 11.8. The van der Waals surface area contributed by atoms with Crippen LogP contribution >= 0.6 is 0 Å². The van der Waals surface area contributed by atoms with E-state index in [0.717, 1.165) is 25.1 Å². The third kappa shape index (κ3) is 3.60. The lowest BCUT2D eigenvalue weighted by Gasteiger charge is -2.15. The van der Waals surface area contributed by atoms with E-state index < -0.39 is 0 Å². The largest absolute Gasteiger partial charge is 0.496 e. The van der Waals surface area contributed by atoms with Gasteiger partial charge < -0.3 is 10.1 Å². The third-order valence-corrected chi connectivity index (χ3v) is 2.63. The second-order valence-electron chi connectivity index (χ2n) is 3.71. The molecule has 0 aliphatic rings. The van der Waals surface area contributed by atoms with Gasteiger partial charge in [0.15, 0.2) is 0 Å². The number of hydrogen-bond donors (Lipinski definition) is 1. The molecule has 0 saturated heterocycles. The minimum absolute atomic E-state index is 0.384. The fraction of sp³-hybridized carbons (Fsp3) is 0.429. The van der Waals surface area contributed by atoms with E-state index in [1.54, 1.807) is 7.11 Å². The van der Waals surface area contributed by atoms with Gasteiger partial charge in [-0.15, -0.1) is 12.3 Å². The molecule has 2 heteroatoms. The van der Waals surface area contributed by atoms with Crippen molar-refractivity contribution in [1.29, 1.82) is 0 Å². The van der Waals surface area contributed by atoms with E-state index in [4.69, 9.17) is 11.2 Å². The molecule has 0 aromatic heterocycles. The SMILES string of the molecule is C#CCC(CC)NCc1ccccc1OC. The van der Waals surface area contributed by atoms with E-state index in [0.29, 0.717) is 6.04 Å². The van der Waals surface area contributed by atoms with Crippen molar-refractivity contribution in [1.82, 2.24) is 5.32 Å². The zero-order valence-corrected chi connectivity index (χ0v) is 9.99. The molecule has 16 heavy (non-hydrogen) atoms. The van der Waals surface area contributed by atoms with Crippen molar-refractivity contribution in [3.8, 4) is 18.1 Å². The predicted molar refractivity (Wildman–Crippen MR) is 67.4 cm³/mol. The number of hydrogen-bond acceptors (Lipinski definition) is 2. The van der Waals surface area contributed by atoms with E-state index in [9.17, 15) is 0 Å². The van der Waals surface area contributed by atoms with E-state index in [1.807, 2.05) is 18.2 Å². The van der Waals surface area contributed by atoms with Crippen LogP contribution in [0.4, 0.5) is 0 Å². The summed E-state index contributed by atoms with van der Waals surface area (Å²) >= 11 is 0. The van der Waals surface area contributed by atoms with Crippen LogP contribution < -0.4 is 10.1 Å². The van der Waals surface area contributed by atoms with E-state index in [-0.39, 0.29) is 0 Å². The molecule has 1 rings (SSSR count). The highest BCUT2D eigenvalue weighted by Crippen LogP contribution is 2.17. The van der Waals surface area contributed by atoms with Crippen LogP contribution in [0.1, 0.15) is 25.3 Å². The van der Waals surface area contributed by atoms with E-state index in [2.05, 4.69) is 24.2 Å². The summed E-state index contributed by atoms with van der Waals surface area (Å²) in [6.07, 6.45) is 7.13. The summed E-state index contributed by atoms with van der Waals surface area (Å²) in [5.41, 5.74) is 1.17. The zero-order valence-electron chi connectivity index (χ0n) is 9.99. The number of ether oxygens (including phenoxy) is 1. The maximum absolute atomic E-state index is 5.32. The molecule has 0 fully saturated rings. The first-order chi connectivity index (χ1) is 7.81. The molecule has 1 atom stereocenters. The average molecular weight is 217 g/mol. The number of methoxy groups -OCH3 is 1. The Bertz CT molecular complexity index is 354. The summed E-state index contributed by atoms with van der Waals surface area (Å²) < 4.78 is 5.29. The second kappa shape index (κ2) is 6.92. The lowest BCUT2D eigenvalue weighted by atomic mass is 10.1. The molecular formula is C14H19NO. The molecule has 0 aliphatic carbocycles. The number of terminal acetylenes is 1. The van der Waals surface area contributed by atoms with Gasteiger partial charge in [0.2, 0.25) is 0 Å². The van der Waals surface area contributed by atoms with Gasteiger partial charge in [-0.3, -0.25) is 0 Å². The molecule has 1 unspecified atom stereocenters. The van der Waals surface area contributed by atoms with E-state index >= 15 is 0 Å². The summed E-state index contributed by atoms with van der Waals surface area (Å²) in [6.45, 7) is 2.93. The maximum Gasteiger partial charge on any atom is 0.123 e. The van der Waals surface area contributed by atoms with Crippen molar-refractivity contribution in [2.75, 3.05) is 7.11 Å². The lowest BCUT2D eigenvalue weighted by molar-refractivity contribution is 0.404. The number of benzene rings is 1. The highest BCUT2D eigenvalue weighted by Gasteiger charge is 2.06. The standard InChI is InChI=1S/C14H19NO/c1-4-8-13(5-2)15-11-12-9-6-7-10-14(12)16-3/h1,6-7,9-10,13,15H,5,8,11H2,2-3H3. The molecule has 1 N–H and O–H groups in total. The van der Waals surface area contributed by atoms with Crippen molar-refractivity contribution in [2.45, 2.75) is 32.4 Å². The molecule has 0 spiro atoms. The van der Waals surface area contributed by atoms with Gasteiger partial charge >= 0.3 is 0 Å². The Morgan fingerprint density at radius 1 is 1.44 bits per heavy atom. The minimum atomic E-state index is 0.384. The summed E-state index contributed by atoms with van der Waals surface area (Å²) in [5.74, 6) is 3.61. The molecule has 1 aromatic carbocycles. The number of rotatable bonds is 6. The molecule has 0 saturated carbocycles. The van der Waals surface area contributed by atoms with Gasteiger partial charge in [0.05, 0.1) is 7.11 Å². The fourth-order valence-electron chi connectivity index (χ4n) is 1.61. The summed E-state index contributed by atoms with van der Waals surface area (Å²) in [7, 11) is 1.69. The quantitative estimate of drug-likeness (QED) is 0.739. The van der Waals surface area contributed by atoms with Crippen LogP contribution in [-0.4, -0.2) is 13.2 Å². The summed E-state index contributed by atoms with van der Waals surface area (Å²) in [4.78, 5) is 0. The first-order valence-corrected chi connectivity index (χ1v) is 5.60. The van der Waals surface area contributed by atoms with Gasteiger partial charge in [-0.05, 0) is 12.5 Å². The summed E-state index contributed by atoms with van der Waals surface area (Å²) in [5, 5.41) is 3.44. The molecule has 1 aromatic rings. The van der Waals surface area contributed by atoms with Crippen LogP contribution in [0.15, 0.2) is 24.3 Å². The van der Waals surface area contributed by atoms with Gasteiger partial charge in [0, 0.05) is 24.6 Å². The fourth-order valence-corrected chi connectivity index (χ4v) is 1.61. The third-order valence-electron chi connectivity index (χ3n) is 2.63. The molecule has 0 radical (unpaired) electrons. The van der Waals surface area contributed by atoms with E-state index in [1.165, 1.54) is 5.56 Å². The molecule has 0 aliphatic heterocycles. The van der Waals surface area contributed by atoms with Crippen LogP contribution in [0.2, 0.25) is 0 Å². The van der Waals surface area contributed by atoms with Gasteiger partial charge in [0.25, 0.3) is 0 Å². The van der Waals surface area contributed by atoms with Crippen molar-refractivity contribution in [3.63, 3.8) is 0 Å². The van der Waals surface area contributed by atoms with Crippen LogP contribution in [0.5, 0.6) is 5.75 Å². The minimum Gasteiger partial charge on any atom is -0.496 e. The normalized spacial score (nSPS) is 11.8. The van der Waals surface area contributed by atoms with Crippen molar-refractivity contribution in [3.05, 3.63) is 29.8 Å². The van der Waals surface area contributed by atoms with Crippen LogP contribution in [0.3, 0.4) is 0 Å². The number of nitrogens with one attached hydrogen (secondary N) is 1. The Labute approximate surface area is 98.0 Å². The van der Waals surface area contributed by atoms with Crippen LogP contribution in [-0.2, 0) is 6.54 Å². The highest BCUT2D eigenvalue weighted by atomic mass is 16.5. The van der Waals surface area contributed by atoms with Crippen molar-refractivity contribution >= 4 is 0 Å². The first-order valence-electron chi connectivity index (χ1n) is 5.60. The Kier molecular flexibility index (Phi) is 5.45. The maximum atomic E-state index is 5.32. The predicted octanol–water partition coefficient (Wildman–Crippen LogP) is 2.59. The Morgan fingerprint density at radius 3 is 2.81 bits per heavy atom. The van der Waals surface area contributed by atoms with Gasteiger partial charge in [-0.1, -0.05) is 25.1 Å². The van der Waals surface area contributed by atoms with Gasteiger partial charge in [-0.2, -0.15) is 0 Å². The Morgan fingerprint density at radius 2 is 2.19 bits per heavy atom. The topological polar surface area (TPSA) is 21.3 Å². The number of para-hydroxylation sites is 1. The lowest BCUT2D eigenvalue weighted by Crippen LogP contribution is -2.27. The molecule has 0 amide bonds. The average Bonchev–Trinajstić information content (AvgIpc) is 2.34. The van der Waals surface area contributed by atoms with Crippen LogP contribution in [0.25, 0.3) is 0 Å². The Balaban J connectivity index is 2.56. The molecular weight excluding hydrogens is 198 g/mol. The summed E-state index contributed by atoms with van der Waals surface area (Å²) in [6, 6.07) is 8.41. The Hall–Kier alpha value is -1.46.